The Bertz CT molecular complexity index is 552. The predicted molar refractivity (Wildman–Crippen MR) is 76.3 cm³/mol. The second-order valence-electron chi connectivity index (χ2n) is 4.25. The first-order chi connectivity index (χ1) is 9.22. The first kappa shape index (κ1) is 13.6. The Labute approximate surface area is 118 Å². The van der Waals surface area contributed by atoms with Crippen LogP contribution in [0.15, 0.2) is 54.6 Å². The van der Waals surface area contributed by atoms with Gasteiger partial charge in [0.05, 0.1) is 5.56 Å². The molecule has 0 N–H and O–H groups in total. The van der Waals surface area contributed by atoms with Crippen molar-refractivity contribution in [3.8, 4) is 0 Å². The summed E-state index contributed by atoms with van der Waals surface area (Å²) in [5, 5.41) is 0. The number of esters is 1. The van der Waals surface area contributed by atoms with E-state index in [1.807, 2.05) is 49.4 Å². The van der Waals surface area contributed by atoms with E-state index in [1.165, 1.54) is 0 Å². The van der Waals surface area contributed by atoms with Crippen molar-refractivity contribution in [1.29, 1.82) is 0 Å². The Hall–Kier alpha value is -1.80. The highest BCUT2D eigenvalue weighted by Crippen LogP contribution is 2.23. The van der Waals surface area contributed by atoms with Gasteiger partial charge in [0.15, 0.2) is 0 Å². The zero-order chi connectivity index (χ0) is 13.7. The van der Waals surface area contributed by atoms with Crippen LogP contribution in [0.25, 0.3) is 0 Å². The van der Waals surface area contributed by atoms with E-state index in [-0.39, 0.29) is 12.1 Å². The van der Waals surface area contributed by atoms with Gasteiger partial charge in [0.1, 0.15) is 6.10 Å². The fraction of sp³-hybridized carbons (Fsp3) is 0.188. The van der Waals surface area contributed by atoms with E-state index in [2.05, 4.69) is 0 Å². The number of rotatable bonds is 4. The van der Waals surface area contributed by atoms with Crippen LogP contribution >= 0.6 is 11.6 Å². The summed E-state index contributed by atoms with van der Waals surface area (Å²) in [7, 11) is 0. The molecule has 3 heteroatoms. The minimum absolute atomic E-state index is 0.317. The summed E-state index contributed by atoms with van der Waals surface area (Å²) in [5.41, 5.74) is 2.48. The van der Waals surface area contributed by atoms with E-state index in [0.29, 0.717) is 11.4 Å². The molecule has 2 nitrogen and oxygen atoms in total. The molecule has 19 heavy (non-hydrogen) atoms. The molecule has 0 heterocycles. The Morgan fingerprint density at radius 1 is 1.11 bits per heavy atom. The van der Waals surface area contributed by atoms with Crippen LogP contribution in [0.1, 0.15) is 34.5 Å². The van der Waals surface area contributed by atoms with Gasteiger partial charge in [0, 0.05) is 5.88 Å². The van der Waals surface area contributed by atoms with E-state index < -0.39 is 0 Å². The van der Waals surface area contributed by atoms with Gasteiger partial charge in [-0.3, -0.25) is 0 Å². The van der Waals surface area contributed by atoms with Crippen LogP contribution in [0.4, 0.5) is 0 Å². The maximum absolute atomic E-state index is 12.0. The van der Waals surface area contributed by atoms with Crippen molar-refractivity contribution in [2.45, 2.75) is 18.9 Å². The summed E-state index contributed by atoms with van der Waals surface area (Å²) in [6.45, 7) is 1.85. The molecule has 0 aromatic heterocycles. The quantitative estimate of drug-likeness (QED) is 0.612. The molecule has 0 saturated carbocycles. The van der Waals surface area contributed by atoms with Crippen molar-refractivity contribution in [3.63, 3.8) is 0 Å². The van der Waals surface area contributed by atoms with Crippen molar-refractivity contribution in [1.82, 2.24) is 0 Å². The molecule has 1 atom stereocenters. The lowest BCUT2D eigenvalue weighted by atomic mass is 10.0. The Balaban J connectivity index is 2.13. The number of ether oxygens (including phenoxy) is 1. The maximum Gasteiger partial charge on any atom is 0.338 e. The van der Waals surface area contributed by atoms with Crippen LogP contribution in [0.3, 0.4) is 0 Å². The van der Waals surface area contributed by atoms with Crippen LogP contribution in [0.2, 0.25) is 0 Å². The molecule has 0 saturated heterocycles. The van der Waals surface area contributed by atoms with Crippen LogP contribution < -0.4 is 0 Å². The first-order valence-electron chi connectivity index (χ1n) is 6.12. The van der Waals surface area contributed by atoms with Crippen molar-refractivity contribution < 1.29 is 9.53 Å². The molecule has 0 aliphatic carbocycles. The van der Waals surface area contributed by atoms with E-state index in [0.717, 1.165) is 11.1 Å². The zero-order valence-corrected chi connectivity index (χ0v) is 11.4. The highest BCUT2D eigenvalue weighted by Gasteiger charge is 2.15. The van der Waals surface area contributed by atoms with Gasteiger partial charge in [-0.05, 0) is 30.2 Å². The lowest BCUT2D eigenvalue weighted by molar-refractivity contribution is 0.0336. The zero-order valence-electron chi connectivity index (χ0n) is 10.7. The molecule has 0 aliphatic heterocycles. The summed E-state index contributed by atoms with van der Waals surface area (Å²) >= 11 is 5.89. The number of benzene rings is 2. The summed E-state index contributed by atoms with van der Waals surface area (Å²) in [5.74, 6) is 0.0844. The maximum atomic E-state index is 12.0. The normalized spacial score (nSPS) is 11.9. The van der Waals surface area contributed by atoms with Crippen LogP contribution in [-0.2, 0) is 10.6 Å². The molecule has 0 bridgehead atoms. The summed E-state index contributed by atoms with van der Waals surface area (Å²) in [4.78, 5) is 12.0. The Morgan fingerprint density at radius 2 is 1.74 bits per heavy atom. The Morgan fingerprint density at radius 3 is 2.42 bits per heavy atom. The lowest BCUT2D eigenvalue weighted by Gasteiger charge is -2.16. The van der Waals surface area contributed by atoms with Crippen LogP contribution in [0, 0.1) is 0 Å². The molecule has 0 aliphatic rings. The number of carbonyl (C=O) groups is 1. The van der Waals surface area contributed by atoms with E-state index >= 15 is 0 Å². The summed E-state index contributed by atoms with van der Waals surface area (Å²) in [6.07, 6.45) is -0.317. The van der Waals surface area contributed by atoms with Gasteiger partial charge in [-0.1, -0.05) is 42.5 Å². The third-order valence-corrected chi connectivity index (χ3v) is 3.22. The van der Waals surface area contributed by atoms with Crippen molar-refractivity contribution >= 4 is 17.6 Å². The minimum Gasteiger partial charge on any atom is -0.454 e. The van der Waals surface area contributed by atoms with Crippen molar-refractivity contribution in [3.05, 3.63) is 71.3 Å². The molecule has 2 aromatic carbocycles. The summed E-state index contributed by atoms with van der Waals surface area (Å²) < 4.78 is 5.47. The lowest BCUT2D eigenvalue weighted by Crippen LogP contribution is -2.10. The SMILES string of the molecule is CC(OC(=O)c1ccccc1)c1ccccc1CCl. The molecule has 2 aromatic rings. The molecule has 0 spiro atoms. The average molecular weight is 275 g/mol. The topological polar surface area (TPSA) is 26.3 Å². The fourth-order valence-electron chi connectivity index (χ4n) is 1.92. The molecule has 1 unspecified atom stereocenters. The molecular formula is C16H15ClO2. The van der Waals surface area contributed by atoms with Crippen molar-refractivity contribution in [2.24, 2.45) is 0 Å². The van der Waals surface area contributed by atoms with Crippen molar-refractivity contribution in [2.75, 3.05) is 0 Å². The number of carbonyl (C=O) groups excluding carboxylic acids is 1. The molecule has 2 rings (SSSR count). The number of halogens is 1. The second-order valence-corrected chi connectivity index (χ2v) is 4.51. The smallest absolute Gasteiger partial charge is 0.338 e. The monoisotopic (exact) mass is 274 g/mol. The largest absolute Gasteiger partial charge is 0.454 e. The molecule has 0 fully saturated rings. The molecule has 98 valence electrons. The van der Waals surface area contributed by atoms with Gasteiger partial charge < -0.3 is 4.74 Å². The predicted octanol–water partition coefficient (Wildman–Crippen LogP) is 4.34. The molecule has 0 radical (unpaired) electrons. The second kappa shape index (κ2) is 6.39. The molecule has 0 amide bonds. The van der Waals surface area contributed by atoms with Crippen LogP contribution in [0.5, 0.6) is 0 Å². The van der Waals surface area contributed by atoms with Crippen LogP contribution in [-0.4, -0.2) is 5.97 Å². The van der Waals surface area contributed by atoms with Gasteiger partial charge in [0.2, 0.25) is 0 Å². The first-order valence-corrected chi connectivity index (χ1v) is 6.65. The van der Waals surface area contributed by atoms with Gasteiger partial charge >= 0.3 is 5.97 Å². The number of hydrogen-bond acceptors (Lipinski definition) is 2. The highest BCUT2D eigenvalue weighted by molar-refractivity contribution is 6.17. The number of alkyl halides is 1. The average Bonchev–Trinajstić information content (AvgIpc) is 2.48. The summed E-state index contributed by atoms with van der Waals surface area (Å²) in [6, 6.07) is 16.7. The van der Waals surface area contributed by atoms with E-state index in [1.54, 1.807) is 12.1 Å². The minimum atomic E-state index is -0.322. The molecular weight excluding hydrogens is 260 g/mol. The van der Waals surface area contributed by atoms with Gasteiger partial charge in [0.25, 0.3) is 0 Å². The third-order valence-electron chi connectivity index (χ3n) is 2.93. The van der Waals surface area contributed by atoms with Gasteiger partial charge in [-0.15, -0.1) is 11.6 Å². The standard InChI is InChI=1S/C16H15ClO2/c1-12(15-10-6-5-9-14(15)11-17)19-16(18)13-7-3-2-4-8-13/h2-10,12H,11H2,1H3. The fourth-order valence-corrected chi connectivity index (χ4v) is 2.16. The van der Waals surface area contributed by atoms with Gasteiger partial charge in [-0.25, -0.2) is 4.79 Å². The number of hydrogen-bond donors (Lipinski definition) is 0. The highest BCUT2D eigenvalue weighted by atomic mass is 35.5. The third kappa shape index (κ3) is 3.36. The Kier molecular flexibility index (Phi) is 4.58. The van der Waals surface area contributed by atoms with Gasteiger partial charge in [-0.2, -0.15) is 0 Å². The van der Waals surface area contributed by atoms with E-state index in [9.17, 15) is 4.79 Å². The van der Waals surface area contributed by atoms with E-state index in [4.69, 9.17) is 16.3 Å².